The second-order valence-electron chi connectivity index (χ2n) is 21.0. The third kappa shape index (κ3) is 26.8. The van der Waals surface area contributed by atoms with E-state index in [4.69, 9.17) is 0 Å². The maximum atomic E-state index is 9.30. The molecule has 0 aromatic heterocycles. The highest BCUT2D eigenvalue weighted by Crippen LogP contribution is 2.35. The van der Waals surface area contributed by atoms with Gasteiger partial charge in [-0.3, -0.25) is 0 Å². The highest BCUT2D eigenvalue weighted by atomic mass is 16.3. The van der Waals surface area contributed by atoms with Gasteiger partial charge < -0.3 is 30.6 Å². The predicted octanol–water partition coefficient (Wildman–Crippen LogP) is 22.9. The molecule has 0 heterocycles. The van der Waals surface area contributed by atoms with Gasteiger partial charge in [0.15, 0.2) is 0 Å². The SMILES string of the molecule is C.CC.CC.CC(C)(c1ccc(O)cc1)c1ccc(O)cc1.CC(C)(c1ccc(O)cc1)c1ccc(O)cc1.CC(C)(c1ccc(O)cc1)c1ccc(O)cc1.CCC.CCC.CCC.c1ccc2ccccc2c1.c1ccc2ccccc2c1. The second-order valence-corrected chi connectivity index (χ2v) is 21.0. The quantitative estimate of drug-likeness (QED) is 0.0987. The summed E-state index contributed by atoms with van der Waals surface area (Å²) in [4.78, 5) is 0. The van der Waals surface area contributed by atoms with Gasteiger partial charge in [0, 0.05) is 16.2 Å². The van der Waals surface area contributed by atoms with Gasteiger partial charge in [-0.2, -0.15) is 0 Å². The van der Waals surface area contributed by atoms with E-state index in [1.54, 1.807) is 72.8 Å². The van der Waals surface area contributed by atoms with Gasteiger partial charge in [-0.15, -0.1) is 0 Å². The molecule has 0 fully saturated rings. The molecule has 85 heavy (non-hydrogen) atoms. The zero-order chi connectivity index (χ0) is 63.1. The van der Waals surface area contributed by atoms with Crippen LogP contribution in [0.5, 0.6) is 34.5 Å². The fourth-order valence-corrected chi connectivity index (χ4v) is 8.03. The Hall–Kier alpha value is -8.48. The van der Waals surface area contributed by atoms with Crippen LogP contribution < -0.4 is 0 Å². The van der Waals surface area contributed by atoms with Crippen molar-refractivity contribution in [2.75, 3.05) is 0 Å². The van der Waals surface area contributed by atoms with Gasteiger partial charge in [-0.1, -0.05) is 307 Å². The number of hydrogen-bond donors (Lipinski definition) is 6. The molecule has 0 bridgehead atoms. The highest BCUT2D eigenvalue weighted by Gasteiger charge is 2.25. The first-order valence-electron chi connectivity index (χ1n) is 29.8. The van der Waals surface area contributed by atoms with Crippen LogP contribution >= 0.6 is 0 Å². The van der Waals surface area contributed by atoms with E-state index in [9.17, 15) is 30.6 Å². The van der Waals surface area contributed by atoms with Crippen molar-refractivity contribution >= 4 is 21.5 Å². The average molecular weight is 1150 g/mol. The Labute approximate surface area is 513 Å². The first-order valence-corrected chi connectivity index (χ1v) is 29.8. The zero-order valence-corrected chi connectivity index (χ0v) is 53.4. The van der Waals surface area contributed by atoms with Crippen molar-refractivity contribution in [3.8, 4) is 34.5 Å². The van der Waals surface area contributed by atoms with Gasteiger partial charge in [-0.05, 0) is 128 Å². The molecular formula is C79H104O6. The molecule has 0 unspecified atom stereocenters. The molecule has 6 N–H and O–H groups in total. The number of fused-ring (bicyclic) bond motifs is 2. The fourth-order valence-electron chi connectivity index (χ4n) is 8.03. The molecule has 0 aliphatic rings. The van der Waals surface area contributed by atoms with Crippen molar-refractivity contribution in [3.63, 3.8) is 0 Å². The van der Waals surface area contributed by atoms with Crippen molar-refractivity contribution in [3.05, 3.63) is 276 Å². The summed E-state index contributed by atoms with van der Waals surface area (Å²) in [5.74, 6) is 1.64. The Bertz CT molecular complexity index is 2650. The van der Waals surface area contributed by atoms with Crippen LogP contribution in [-0.4, -0.2) is 30.6 Å². The van der Waals surface area contributed by atoms with Crippen LogP contribution in [0.2, 0.25) is 0 Å². The highest BCUT2D eigenvalue weighted by molar-refractivity contribution is 5.82. The van der Waals surface area contributed by atoms with Crippen LogP contribution in [0.3, 0.4) is 0 Å². The van der Waals surface area contributed by atoms with Crippen LogP contribution in [0.15, 0.2) is 243 Å². The Morgan fingerprint density at radius 2 is 0.306 bits per heavy atom. The maximum absolute atomic E-state index is 9.30. The number of aromatic hydroxyl groups is 6. The molecule has 0 aliphatic heterocycles. The van der Waals surface area contributed by atoms with E-state index in [1.807, 2.05) is 100 Å². The predicted molar refractivity (Wildman–Crippen MR) is 370 cm³/mol. The lowest BCUT2D eigenvalue weighted by atomic mass is 9.78. The Kier molecular flexibility index (Phi) is 37.4. The number of benzene rings is 10. The molecule has 0 radical (unpaired) electrons. The van der Waals surface area contributed by atoms with Crippen LogP contribution in [0.25, 0.3) is 21.5 Å². The van der Waals surface area contributed by atoms with Gasteiger partial charge >= 0.3 is 0 Å². The van der Waals surface area contributed by atoms with Crippen molar-refractivity contribution < 1.29 is 30.6 Å². The molecule has 0 saturated heterocycles. The average Bonchev–Trinajstić information content (AvgIpc) is 3.71. The smallest absolute Gasteiger partial charge is 0.115 e. The zero-order valence-electron chi connectivity index (χ0n) is 53.4. The normalized spacial score (nSPS) is 9.98. The monoisotopic (exact) mass is 1150 g/mol. The molecule has 6 nitrogen and oxygen atoms in total. The van der Waals surface area contributed by atoms with E-state index in [-0.39, 0.29) is 58.2 Å². The lowest BCUT2D eigenvalue weighted by molar-refractivity contribution is 0.473. The Morgan fingerprint density at radius 1 is 0.212 bits per heavy atom. The van der Waals surface area contributed by atoms with Crippen LogP contribution in [0, 0.1) is 0 Å². The van der Waals surface area contributed by atoms with Crippen molar-refractivity contribution in [1.29, 1.82) is 0 Å². The molecule has 0 atom stereocenters. The van der Waals surface area contributed by atoms with Crippen LogP contribution in [0.1, 0.15) is 171 Å². The molecule has 0 saturated carbocycles. The third-order valence-electron chi connectivity index (χ3n) is 12.9. The van der Waals surface area contributed by atoms with Crippen molar-refractivity contribution in [2.45, 2.75) is 154 Å². The first-order chi connectivity index (χ1) is 40.2. The standard InChI is InChI=1S/3C15H16O2.2C10H8.3C3H8.2C2H6.CH4/c3*1-15(2,11-3-7-13(16)8-4-11)12-5-9-14(17)10-6-12;2*1-2-6-10-8-4-3-7-9(10)5-1;3*1-3-2;2*1-2;/h3*3-10,16-17H,1-2H3;2*1-8H;3*3H2,1-2H3;2*1-2H3;1H4. The molecule has 10 aromatic rings. The van der Waals surface area contributed by atoms with Crippen molar-refractivity contribution in [2.24, 2.45) is 0 Å². The number of phenols is 6. The van der Waals surface area contributed by atoms with Gasteiger partial charge in [0.25, 0.3) is 0 Å². The summed E-state index contributed by atoms with van der Waals surface area (Å²) in [6, 6.07) is 76.8. The topological polar surface area (TPSA) is 121 Å². The third-order valence-corrected chi connectivity index (χ3v) is 12.9. The minimum absolute atomic E-state index is 0. The Balaban J connectivity index is 0.000000995. The largest absolute Gasteiger partial charge is 0.508 e. The minimum Gasteiger partial charge on any atom is -0.508 e. The van der Waals surface area contributed by atoms with Crippen LogP contribution in [0.4, 0.5) is 0 Å². The summed E-state index contributed by atoms with van der Waals surface area (Å²) in [7, 11) is 0. The molecule has 0 aliphatic carbocycles. The van der Waals surface area contributed by atoms with E-state index >= 15 is 0 Å². The van der Waals surface area contributed by atoms with Crippen molar-refractivity contribution in [1.82, 2.24) is 0 Å². The molecule has 10 rings (SSSR count). The van der Waals surface area contributed by atoms with Gasteiger partial charge in [0.05, 0.1) is 0 Å². The van der Waals surface area contributed by atoms with E-state index in [0.717, 1.165) is 33.4 Å². The molecular weight excluding hydrogens is 1040 g/mol. The molecule has 6 heteroatoms. The summed E-state index contributed by atoms with van der Waals surface area (Å²) in [5, 5.41) is 61.0. The van der Waals surface area contributed by atoms with E-state index in [1.165, 1.54) is 40.8 Å². The first kappa shape index (κ1) is 76.5. The van der Waals surface area contributed by atoms with Gasteiger partial charge in [0.2, 0.25) is 0 Å². The number of rotatable bonds is 6. The molecule has 0 spiro atoms. The Morgan fingerprint density at radius 3 is 0.400 bits per heavy atom. The summed E-state index contributed by atoms with van der Waals surface area (Å²) in [5.41, 5.74) is 6.30. The van der Waals surface area contributed by atoms with Crippen LogP contribution in [-0.2, 0) is 16.2 Å². The van der Waals surface area contributed by atoms with Gasteiger partial charge in [0.1, 0.15) is 34.5 Å². The molecule has 456 valence electrons. The summed E-state index contributed by atoms with van der Waals surface area (Å²) < 4.78 is 0. The number of phenolic OH excluding ortho intramolecular Hbond substituents is 6. The van der Waals surface area contributed by atoms with E-state index < -0.39 is 0 Å². The summed E-state index contributed by atoms with van der Waals surface area (Å²) >= 11 is 0. The minimum atomic E-state index is -0.151. The van der Waals surface area contributed by atoms with Gasteiger partial charge in [-0.25, -0.2) is 0 Å². The lowest BCUT2D eigenvalue weighted by Crippen LogP contribution is -2.18. The second kappa shape index (κ2) is 41.5. The number of hydrogen-bond acceptors (Lipinski definition) is 6. The molecule has 0 amide bonds. The molecule has 10 aromatic carbocycles. The van der Waals surface area contributed by atoms with E-state index in [2.05, 4.69) is 180 Å². The lowest BCUT2D eigenvalue weighted by Gasteiger charge is -2.26. The summed E-state index contributed by atoms with van der Waals surface area (Å²) in [6.45, 7) is 33.5. The maximum Gasteiger partial charge on any atom is 0.115 e. The summed E-state index contributed by atoms with van der Waals surface area (Å²) in [6.07, 6.45) is 3.75. The van der Waals surface area contributed by atoms with E-state index in [0.29, 0.717) is 0 Å². The fraction of sp³-hybridized carbons (Fsp3) is 0.291.